The summed E-state index contributed by atoms with van der Waals surface area (Å²) < 4.78 is 0. The van der Waals surface area contributed by atoms with E-state index >= 15 is 0 Å². The largest absolute Gasteiger partial charge is 0.0810 e. The van der Waals surface area contributed by atoms with Crippen LogP contribution in [-0.2, 0) is 6.42 Å². The van der Waals surface area contributed by atoms with Crippen LogP contribution in [0, 0.1) is 0 Å². The van der Waals surface area contributed by atoms with Crippen LogP contribution in [0.4, 0.5) is 0 Å². The Hall–Kier alpha value is -1.82. The van der Waals surface area contributed by atoms with Gasteiger partial charge in [-0.3, -0.25) is 0 Å². The average molecular weight is 236 g/mol. The Morgan fingerprint density at radius 1 is 0.889 bits per heavy atom. The third kappa shape index (κ3) is 3.89. The smallest absolute Gasteiger partial charge is 0.0231 e. The van der Waals surface area contributed by atoms with Crippen molar-refractivity contribution in [3.8, 4) is 0 Å². The molecule has 0 atom stereocenters. The second-order valence-electron chi connectivity index (χ2n) is 4.63. The SMILES string of the molecule is C/C(=C\CCCc1ccccc1)c1ccccc1. The van der Waals surface area contributed by atoms with Crippen LogP contribution >= 0.6 is 0 Å². The van der Waals surface area contributed by atoms with Gasteiger partial charge in [-0.2, -0.15) is 0 Å². The van der Waals surface area contributed by atoms with Crippen LogP contribution in [0.25, 0.3) is 5.57 Å². The molecule has 0 saturated heterocycles. The predicted octanol–water partition coefficient (Wildman–Crippen LogP) is 5.11. The number of unbranched alkanes of at least 4 members (excludes halogenated alkanes) is 1. The number of aryl methyl sites for hydroxylation is 1. The number of hydrogen-bond donors (Lipinski definition) is 0. The molecule has 0 fully saturated rings. The minimum absolute atomic E-state index is 1.15. The van der Waals surface area contributed by atoms with Gasteiger partial charge in [-0.1, -0.05) is 66.7 Å². The monoisotopic (exact) mass is 236 g/mol. The standard InChI is InChI=1S/C18H20/c1-16(18-14-6-3-7-15-18)10-8-9-13-17-11-4-2-5-12-17/h2-7,10-12,14-15H,8-9,13H2,1H3/b16-10+. The molecule has 92 valence electrons. The van der Waals surface area contributed by atoms with Gasteiger partial charge in [0.15, 0.2) is 0 Å². The molecule has 0 aliphatic heterocycles. The number of allylic oxidation sites excluding steroid dienone is 2. The molecule has 0 aromatic heterocycles. The number of benzene rings is 2. The molecule has 2 aromatic carbocycles. The molecule has 0 unspecified atom stereocenters. The Balaban J connectivity index is 1.81. The van der Waals surface area contributed by atoms with Crippen molar-refractivity contribution in [3.05, 3.63) is 77.9 Å². The summed E-state index contributed by atoms with van der Waals surface area (Å²) in [4.78, 5) is 0. The van der Waals surface area contributed by atoms with E-state index in [0.717, 1.165) is 6.42 Å². The van der Waals surface area contributed by atoms with Crippen molar-refractivity contribution in [3.63, 3.8) is 0 Å². The molecule has 0 spiro atoms. The van der Waals surface area contributed by atoms with Gasteiger partial charge in [0.2, 0.25) is 0 Å². The van der Waals surface area contributed by atoms with Gasteiger partial charge in [-0.25, -0.2) is 0 Å². The van der Waals surface area contributed by atoms with Crippen molar-refractivity contribution >= 4 is 5.57 Å². The first kappa shape index (κ1) is 12.6. The Morgan fingerprint density at radius 2 is 1.50 bits per heavy atom. The first-order valence-corrected chi connectivity index (χ1v) is 6.62. The number of rotatable bonds is 5. The fraction of sp³-hybridized carbons (Fsp3) is 0.222. The van der Waals surface area contributed by atoms with Gasteiger partial charge in [-0.05, 0) is 42.9 Å². The second-order valence-corrected chi connectivity index (χ2v) is 4.63. The Bertz CT molecular complexity index is 480. The van der Waals surface area contributed by atoms with Gasteiger partial charge in [0.25, 0.3) is 0 Å². The fourth-order valence-corrected chi connectivity index (χ4v) is 2.09. The minimum Gasteiger partial charge on any atom is -0.0810 e. The van der Waals surface area contributed by atoms with Crippen molar-refractivity contribution in [1.82, 2.24) is 0 Å². The fourth-order valence-electron chi connectivity index (χ4n) is 2.09. The summed E-state index contributed by atoms with van der Waals surface area (Å²) in [7, 11) is 0. The molecule has 0 N–H and O–H groups in total. The van der Waals surface area contributed by atoms with E-state index in [1.807, 2.05) is 0 Å². The maximum atomic E-state index is 2.35. The Morgan fingerprint density at radius 3 is 2.17 bits per heavy atom. The minimum atomic E-state index is 1.15. The van der Waals surface area contributed by atoms with E-state index in [2.05, 4.69) is 73.7 Å². The van der Waals surface area contributed by atoms with Gasteiger partial charge in [-0.15, -0.1) is 0 Å². The lowest BCUT2D eigenvalue weighted by Gasteiger charge is -2.02. The molecule has 18 heavy (non-hydrogen) atoms. The van der Waals surface area contributed by atoms with Crippen molar-refractivity contribution in [2.45, 2.75) is 26.2 Å². The van der Waals surface area contributed by atoms with Gasteiger partial charge in [0.05, 0.1) is 0 Å². The van der Waals surface area contributed by atoms with Crippen molar-refractivity contribution < 1.29 is 0 Å². The van der Waals surface area contributed by atoms with Crippen molar-refractivity contribution in [1.29, 1.82) is 0 Å². The van der Waals surface area contributed by atoms with E-state index in [-0.39, 0.29) is 0 Å². The Labute approximate surface area is 110 Å². The normalized spacial score (nSPS) is 11.5. The molecular weight excluding hydrogens is 216 g/mol. The average Bonchev–Trinajstić information content (AvgIpc) is 2.45. The van der Waals surface area contributed by atoms with E-state index in [4.69, 9.17) is 0 Å². The van der Waals surface area contributed by atoms with E-state index in [9.17, 15) is 0 Å². The summed E-state index contributed by atoms with van der Waals surface area (Å²) in [6.07, 6.45) is 5.88. The van der Waals surface area contributed by atoms with Crippen LogP contribution in [0.2, 0.25) is 0 Å². The van der Waals surface area contributed by atoms with Crippen LogP contribution < -0.4 is 0 Å². The molecule has 0 heterocycles. The van der Waals surface area contributed by atoms with Crippen molar-refractivity contribution in [2.75, 3.05) is 0 Å². The second kappa shape index (κ2) is 6.80. The van der Waals surface area contributed by atoms with E-state index in [1.54, 1.807) is 0 Å². The lowest BCUT2D eigenvalue weighted by Crippen LogP contribution is -1.84. The molecule has 2 rings (SSSR count). The van der Waals surface area contributed by atoms with Gasteiger partial charge in [0, 0.05) is 0 Å². The molecule has 0 amide bonds. The lowest BCUT2D eigenvalue weighted by atomic mass is 10.0. The molecule has 0 radical (unpaired) electrons. The zero-order valence-corrected chi connectivity index (χ0v) is 11.0. The summed E-state index contributed by atoms with van der Waals surface area (Å²) in [5.41, 5.74) is 4.14. The third-order valence-corrected chi connectivity index (χ3v) is 3.19. The van der Waals surface area contributed by atoms with E-state index < -0.39 is 0 Å². The molecule has 0 saturated carbocycles. The zero-order chi connectivity index (χ0) is 12.6. The highest BCUT2D eigenvalue weighted by molar-refractivity contribution is 5.63. The molecule has 0 heteroatoms. The first-order valence-electron chi connectivity index (χ1n) is 6.62. The topological polar surface area (TPSA) is 0 Å². The molecule has 2 aromatic rings. The lowest BCUT2D eigenvalue weighted by molar-refractivity contribution is 0.843. The quantitative estimate of drug-likeness (QED) is 0.633. The zero-order valence-electron chi connectivity index (χ0n) is 11.0. The Kier molecular flexibility index (Phi) is 4.78. The van der Waals surface area contributed by atoms with Gasteiger partial charge in [0.1, 0.15) is 0 Å². The molecular formula is C18H20. The van der Waals surface area contributed by atoms with Crippen LogP contribution in [0.5, 0.6) is 0 Å². The summed E-state index contributed by atoms with van der Waals surface area (Å²) in [6, 6.07) is 21.3. The molecule has 0 aliphatic rings. The maximum Gasteiger partial charge on any atom is -0.0231 e. The number of hydrogen-bond acceptors (Lipinski definition) is 0. The summed E-state index contributed by atoms with van der Waals surface area (Å²) >= 11 is 0. The molecule has 0 bridgehead atoms. The molecule has 0 aliphatic carbocycles. The van der Waals surface area contributed by atoms with Crippen LogP contribution in [0.15, 0.2) is 66.7 Å². The summed E-state index contributed by atoms with van der Waals surface area (Å²) in [5.74, 6) is 0. The first-order chi connectivity index (χ1) is 8.86. The summed E-state index contributed by atoms with van der Waals surface area (Å²) in [6.45, 7) is 2.19. The highest BCUT2D eigenvalue weighted by Gasteiger charge is 1.94. The van der Waals surface area contributed by atoms with Crippen molar-refractivity contribution in [2.24, 2.45) is 0 Å². The van der Waals surface area contributed by atoms with Gasteiger partial charge < -0.3 is 0 Å². The third-order valence-electron chi connectivity index (χ3n) is 3.19. The summed E-state index contributed by atoms with van der Waals surface area (Å²) in [5, 5.41) is 0. The van der Waals surface area contributed by atoms with Gasteiger partial charge >= 0.3 is 0 Å². The molecule has 0 nitrogen and oxygen atoms in total. The van der Waals surface area contributed by atoms with Crippen LogP contribution in [0.3, 0.4) is 0 Å². The predicted molar refractivity (Wildman–Crippen MR) is 79.5 cm³/mol. The highest BCUT2D eigenvalue weighted by atomic mass is 14.0. The van der Waals surface area contributed by atoms with Crippen LogP contribution in [0.1, 0.15) is 30.9 Å². The highest BCUT2D eigenvalue weighted by Crippen LogP contribution is 2.14. The maximum absolute atomic E-state index is 2.35. The van der Waals surface area contributed by atoms with Crippen LogP contribution in [-0.4, -0.2) is 0 Å². The van der Waals surface area contributed by atoms with E-state index in [1.165, 1.54) is 29.5 Å². The van der Waals surface area contributed by atoms with E-state index in [0.29, 0.717) is 0 Å².